The lowest BCUT2D eigenvalue weighted by atomic mass is 10.2. The summed E-state index contributed by atoms with van der Waals surface area (Å²) in [5.74, 6) is -0.0343. The minimum absolute atomic E-state index is 0.226. The number of carbonyl (C=O) groups is 1. The Morgan fingerprint density at radius 1 is 1.23 bits per heavy atom. The van der Waals surface area contributed by atoms with Crippen molar-refractivity contribution in [1.82, 2.24) is 5.27 Å². The molecule has 1 atom stereocenters. The molecule has 158 valence electrons. The molecule has 1 aromatic heterocycles. The highest BCUT2D eigenvalue weighted by Crippen LogP contribution is 2.28. The molecule has 30 heavy (non-hydrogen) atoms. The Morgan fingerprint density at radius 2 is 1.93 bits per heavy atom. The number of aromatic nitrogens is 2. The molecule has 0 radical (unpaired) electrons. The summed E-state index contributed by atoms with van der Waals surface area (Å²) in [6.45, 7) is 6.49. The van der Waals surface area contributed by atoms with Crippen LogP contribution >= 0.6 is 11.8 Å². The van der Waals surface area contributed by atoms with Crippen LogP contribution in [0.5, 0.6) is 11.7 Å². The average Bonchev–Trinajstić information content (AvgIpc) is 3.10. The van der Waals surface area contributed by atoms with Crippen LogP contribution in [0.1, 0.15) is 32.3 Å². The number of anilines is 1. The van der Waals surface area contributed by atoms with Crippen molar-refractivity contribution in [3.8, 4) is 17.4 Å². The van der Waals surface area contributed by atoms with Crippen LogP contribution in [0.4, 0.5) is 5.69 Å². The number of benzene rings is 2. The lowest BCUT2D eigenvalue weighted by Gasteiger charge is -2.11. The molecule has 0 saturated carbocycles. The quantitative estimate of drug-likeness (QED) is 0.319. The molecule has 0 saturated heterocycles. The van der Waals surface area contributed by atoms with E-state index in [0.717, 1.165) is 35.9 Å². The molecule has 0 fully saturated rings. The Hall–Kier alpha value is -3.00. The summed E-state index contributed by atoms with van der Waals surface area (Å²) in [5.41, 5.74) is 2.45. The van der Waals surface area contributed by atoms with E-state index in [-0.39, 0.29) is 10.9 Å². The van der Waals surface area contributed by atoms with Gasteiger partial charge in [0.25, 0.3) is 5.03 Å². The number of aryl methyl sites for hydroxylation is 1. The first-order chi connectivity index (χ1) is 14.5. The van der Waals surface area contributed by atoms with E-state index in [1.165, 1.54) is 4.68 Å². The molecular weight excluding hydrogens is 402 g/mol. The van der Waals surface area contributed by atoms with Gasteiger partial charge in [0.2, 0.25) is 11.6 Å². The number of nitrogens with one attached hydrogen (secondary N) is 1. The number of thioether (sulfide) groups is 1. The third-order valence-corrected chi connectivity index (χ3v) is 5.53. The molecule has 1 heterocycles. The van der Waals surface area contributed by atoms with Crippen LogP contribution in [0.3, 0.4) is 0 Å². The summed E-state index contributed by atoms with van der Waals surface area (Å²) in [5, 5.41) is 18.5. The lowest BCUT2D eigenvalue weighted by Crippen LogP contribution is -2.36. The van der Waals surface area contributed by atoms with E-state index < -0.39 is 11.2 Å². The van der Waals surface area contributed by atoms with Crippen molar-refractivity contribution in [2.45, 2.75) is 43.9 Å². The SMILES string of the molecule is CCCCOc1ccc(NC(=O)C(C)Sc2c([O-])on[n+]2-c2ccc(C)cc2)cc1. The first-order valence-electron chi connectivity index (χ1n) is 9.84. The summed E-state index contributed by atoms with van der Waals surface area (Å²) in [6, 6.07) is 14.8. The number of rotatable bonds is 9. The summed E-state index contributed by atoms with van der Waals surface area (Å²) in [4.78, 5) is 12.6. The molecule has 0 aliphatic carbocycles. The van der Waals surface area contributed by atoms with E-state index in [9.17, 15) is 9.90 Å². The van der Waals surface area contributed by atoms with Gasteiger partial charge in [0.15, 0.2) is 5.95 Å². The molecule has 1 N–H and O–H groups in total. The molecule has 1 amide bonds. The molecule has 0 aliphatic heterocycles. The highest BCUT2D eigenvalue weighted by Gasteiger charge is 2.26. The molecule has 0 spiro atoms. The molecule has 2 aromatic carbocycles. The molecular formula is C22H25N3O4S. The summed E-state index contributed by atoms with van der Waals surface area (Å²) in [6.07, 6.45) is 2.07. The maximum absolute atomic E-state index is 12.6. The molecule has 8 heteroatoms. The molecule has 0 bridgehead atoms. The van der Waals surface area contributed by atoms with Crippen LogP contribution in [0.2, 0.25) is 0 Å². The number of hydrogen-bond acceptors (Lipinski definition) is 6. The molecule has 0 aliphatic rings. The van der Waals surface area contributed by atoms with Crippen molar-refractivity contribution >= 4 is 23.4 Å². The molecule has 7 nitrogen and oxygen atoms in total. The highest BCUT2D eigenvalue weighted by atomic mass is 32.2. The van der Waals surface area contributed by atoms with Crippen molar-refractivity contribution in [2.75, 3.05) is 11.9 Å². The summed E-state index contributed by atoms with van der Waals surface area (Å²) >= 11 is 1.10. The van der Waals surface area contributed by atoms with Gasteiger partial charge < -0.3 is 19.7 Å². The Morgan fingerprint density at radius 3 is 2.60 bits per heavy atom. The van der Waals surface area contributed by atoms with Crippen LogP contribution in [-0.2, 0) is 4.79 Å². The number of hydrogen-bond donors (Lipinski definition) is 1. The molecule has 1 unspecified atom stereocenters. The van der Waals surface area contributed by atoms with Gasteiger partial charge in [0.05, 0.1) is 17.1 Å². The molecule has 3 aromatic rings. The first kappa shape index (κ1) is 21.7. The van der Waals surface area contributed by atoms with E-state index in [2.05, 4.69) is 17.5 Å². The second-order valence-corrected chi connectivity index (χ2v) is 8.22. The smallest absolute Gasteiger partial charge is 0.298 e. The fourth-order valence-electron chi connectivity index (χ4n) is 2.62. The van der Waals surface area contributed by atoms with Gasteiger partial charge in [-0.2, -0.15) is 0 Å². The van der Waals surface area contributed by atoms with Gasteiger partial charge in [-0.05, 0) is 61.0 Å². The van der Waals surface area contributed by atoms with Crippen LogP contribution in [-0.4, -0.2) is 23.0 Å². The minimum Gasteiger partial charge on any atom is -0.538 e. The number of nitrogens with zero attached hydrogens (tertiary/aromatic N) is 2. The minimum atomic E-state index is -0.575. The van der Waals surface area contributed by atoms with Gasteiger partial charge in [-0.3, -0.25) is 4.79 Å². The second-order valence-electron chi connectivity index (χ2n) is 6.89. The number of carbonyl (C=O) groups excluding carboxylic acids is 1. The van der Waals surface area contributed by atoms with Gasteiger partial charge in [0, 0.05) is 17.8 Å². The normalized spacial score (nSPS) is 11.8. The van der Waals surface area contributed by atoms with Gasteiger partial charge in [-0.25, -0.2) is 0 Å². The maximum Gasteiger partial charge on any atom is 0.298 e. The molecule has 3 rings (SSSR count). The topological polar surface area (TPSA) is 91.3 Å². The third kappa shape index (κ3) is 5.54. The van der Waals surface area contributed by atoms with Crippen molar-refractivity contribution < 1.29 is 23.8 Å². The fraction of sp³-hybridized carbons (Fsp3) is 0.318. The fourth-order valence-corrected chi connectivity index (χ4v) is 3.50. The standard InChI is InChI=1S/C22H25N3O4S/c1-4-5-14-28-19-12-8-17(9-13-19)23-20(26)16(3)30-21-22(27)29-24-25(21)18-10-6-15(2)7-11-18/h6-13,16H,4-5,14H2,1-3H3,(H-,23,24,26,27). The van der Waals surface area contributed by atoms with Gasteiger partial charge in [0.1, 0.15) is 5.75 Å². The van der Waals surface area contributed by atoms with E-state index >= 15 is 0 Å². The number of unbranched alkanes of at least 4 members (excludes halogenated alkanes) is 1. The van der Waals surface area contributed by atoms with Crippen LogP contribution in [0, 0.1) is 6.92 Å². The van der Waals surface area contributed by atoms with E-state index in [1.54, 1.807) is 19.1 Å². The Balaban J connectivity index is 1.63. The van der Waals surface area contributed by atoms with Gasteiger partial charge in [-0.15, -0.1) is 0 Å². The summed E-state index contributed by atoms with van der Waals surface area (Å²) < 4.78 is 11.9. The Labute approximate surface area is 180 Å². The van der Waals surface area contributed by atoms with Crippen molar-refractivity contribution in [3.63, 3.8) is 0 Å². The Bertz CT molecular complexity index is 971. The summed E-state index contributed by atoms with van der Waals surface area (Å²) in [7, 11) is 0. The Kier molecular flexibility index (Phi) is 7.35. The second kappa shape index (κ2) is 10.2. The van der Waals surface area contributed by atoms with E-state index in [1.807, 2.05) is 43.3 Å². The highest BCUT2D eigenvalue weighted by molar-refractivity contribution is 8.00. The monoisotopic (exact) mass is 427 g/mol. The first-order valence-corrected chi connectivity index (χ1v) is 10.7. The van der Waals surface area contributed by atoms with Crippen molar-refractivity contribution in [2.24, 2.45) is 0 Å². The van der Waals surface area contributed by atoms with Gasteiger partial charge >= 0.3 is 0 Å². The average molecular weight is 428 g/mol. The van der Waals surface area contributed by atoms with E-state index in [0.29, 0.717) is 18.0 Å². The van der Waals surface area contributed by atoms with Crippen LogP contribution in [0.15, 0.2) is 58.1 Å². The lowest BCUT2D eigenvalue weighted by molar-refractivity contribution is -0.705. The van der Waals surface area contributed by atoms with Crippen molar-refractivity contribution in [1.29, 1.82) is 0 Å². The number of amides is 1. The van der Waals surface area contributed by atoms with Crippen LogP contribution < -0.4 is 19.8 Å². The predicted octanol–water partition coefficient (Wildman–Crippen LogP) is 3.63. The van der Waals surface area contributed by atoms with Crippen molar-refractivity contribution in [3.05, 3.63) is 54.1 Å². The number of ether oxygens (including phenoxy) is 1. The zero-order valence-electron chi connectivity index (χ0n) is 17.3. The zero-order valence-corrected chi connectivity index (χ0v) is 18.1. The zero-order chi connectivity index (χ0) is 21.5. The van der Waals surface area contributed by atoms with Crippen LogP contribution in [0.25, 0.3) is 5.69 Å². The predicted molar refractivity (Wildman–Crippen MR) is 113 cm³/mol. The third-order valence-electron chi connectivity index (χ3n) is 4.40. The van der Waals surface area contributed by atoms with Gasteiger partial charge in [-0.1, -0.05) is 31.0 Å². The maximum atomic E-state index is 12.6. The largest absolute Gasteiger partial charge is 0.538 e. The van der Waals surface area contributed by atoms with E-state index in [4.69, 9.17) is 9.26 Å².